The van der Waals surface area contributed by atoms with Gasteiger partial charge in [-0.15, -0.1) is 5.10 Å². The molecule has 2 N–H and O–H groups in total. The predicted molar refractivity (Wildman–Crippen MR) is 76.0 cm³/mol. The highest BCUT2D eigenvalue weighted by molar-refractivity contribution is 7.84. The third-order valence-corrected chi connectivity index (χ3v) is 3.83. The highest BCUT2D eigenvalue weighted by Crippen LogP contribution is 2.24. The fourth-order valence-electron chi connectivity index (χ4n) is 2.02. The molecule has 0 radical (unpaired) electrons. The van der Waals surface area contributed by atoms with Gasteiger partial charge in [0.25, 0.3) is 0 Å². The molecule has 2 rings (SSSR count). The highest BCUT2D eigenvalue weighted by Gasteiger charge is 2.17. The Morgan fingerprint density at radius 1 is 1.47 bits per heavy atom. The summed E-state index contributed by atoms with van der Waals surface area (Å²) in [5, 5.41) is 11.8. The van der Waals surface area contributed by atoms with E-state index in [9.17, 15) is 4.21 Å². The molecule has 6 nitrogen and oxygen atoms in total. The van der Waals surface area contributed by atoms with Crippen molar-refractivity contribution in [2.45, 2.75) is 19.9 Å². The molecule has 0 aliphatic carbocycles. The van der Waals surface area contributed by atoms with E-state index in [0.717, 1.165) is 11.1 Å². The van der Waals surface area contributed by atoms with Crippen LogP contribution in [0.4, 0.5) is 5.69 Å². The summed E-state index contributed by atoms with van der Waals surface area (Å²) in [7, 11) is -0.890. The molecule has 2 unspecified atom stereocenters. The van der Waals surface area contributed by atoms with Gasteiger partial charge in [0.1, 0.15) is 0 Å². The molecule has 102 valence electrons. The average Bonchev–Trinajstić information content (AvgIpc) is 2.76. The lowest BCUT2D eigenvalue weighted by atomic mass is 10.1. The number of nitrogen functional groups attached to an aromatic ring is 1. The number of hydrogen-bond donors (Lipinski definition) is 1. The summed E-state index contributed by atoms with van der Waals surface area (Å²) in [4.78, 5) is 0. The topological polar surface area (TPSA) is 86.7 Å². The number of nitrogens with two attached hydrogens (primary N) is 1. The van der Waals surface area contributed by atoms with Crippen LogP contribution in [-0.4, -0.2) is 36.4 Å². The number of rotatable bonds is 4. The highest BCUT2D eigenvalue weighted by atomic mass is 32.2. The summed E-state index contributed by atoms with van der Waals surface area (Å²) >= 11 is 0. The molecule has 0 aliphatic heterocycles. The van der Waals surface area contributed by atoms with Gasteiger partial charge in [-0.2, -0.15) is 0 Å². The Bertz CT molecular complexity index is 610. The number of anilines is 1. The van der Waals surface area contributed by atoms with Crippen molar-refractivity contribution in [1.29, 1.82) is 0 Å². The third kappa shape index (κ3) is 2.98. The van der Waals surface area contributed by atoms with E-state index in [1.165, 1.54) is 0 Å². The zero-order valence-corrected chi connectivity index (χ0v) is 12.0. The minimum absolute atomic E-state index is 0.0206. The lowest BCUT2D eigenvalue weighted by Crippen LogP contribution is -2.15. The molecule has 19 heavy (non-hydrogen) atoms. The second kappa shape index (κ2) is 5.48. The molecular formula is C12H17N5OS. The standard InChI is InChI=1S/C12H17N5OS/c1-8-6-10(13)4-5-11(8)12-14-15-16-17(12)9(2)7-19(3)18/h4-6,9H,7,13H2,1-3H3. The molecule has 0 saturated heterocycles. The number of tetrazole rings is 1. The van der Waals surface area contributed by atoms with Crippen LogP contribution in [0.3, 0.4) is 0 Å². The van der Waals surface area contributed by atoms with E-state index < -0.39 is 10.8 Å². The Labute approximate surface area is 114 Å². The van der Waals surface area contributed by atoms with E-state index in [4.69, 9.17) is 5.73 Å². The van der Waals surface area contributed by atoms with Gasteiger partial charge in [0.15, 0.2) is 5.82 Å². The maximum Gasteiger partial charge on any atom is 0.182 e. The van der Waals surface area contributed by atoms with E-state index in [1.54, 1.807) is 10.9 Å². The minimum atomic E-state index is -0.890. The van der Waals surface area contributed by atoms with Crippen LogP contribution >= 0.6 is 0 Å². The molecule has 1 aromatic carbocycles. The molecule has 0 aliphatic rings. The molecule has 0 bridgehead atoms. The molecule has 1 heterocycles. The van der Waals surface area contributed by atoms with E-state index in [2.05, 4.69) is 15.5 Å². The van der Waals surface area contributed by atoms with Gasteiger partial charge in [0.2, 0.25) is 0 Å². The molecule has 0 amide bonds. The monoisotopic (exact) mass is 279 g/mol. The van der Waals surface area contributed by atoms with Crippen molar-refractivity contribution in [2.75, 3.05) is 17.7 Å². The van der Waals surface area contributed by atoms with Crippen LogP contribution < -0.4 is 5.73 Å². The first kappa shape index (κ1) is 13.7. The maximum atomic E-state index is 11.3. The summed E-state index contributed by atoms with van der Waals surface area (Å²) in [6.07, 6.45) is 1.68. The van der Waals surface area contributed by atoms with E-state index in [0.29, 0.717) is 17.3 Å². The van der Waals surface area contributed by atoms with Crippen LogP contribution in [0.15, 0.2) is 18.2 Å². The van der Waals surface area contributed by atoms with Gasteiger partial charge in [-0.1, -0.05) is 0 Å². The normalized spacial score (nSPS) is 14.3. The summed E-state index contributed by atoms with van der Waals surface area (Å²) in [5.41, 5.74) is 8.41. The van der Waals surface area contributed by atoms with E-state index >= 15 is 0 Å². The molecule has 1 aromatic heterocycles. The number of hydrogen-bond acceptors (Lipinski definition) is 5. The largest absolute Gasteiger partial charge is 0.399 e. The number of nitrogens with zero attached hydrogens (tertiary/aromatic N) is 4. The summed E-state index contributed by atoms with van der Waals surface area (Å²) in [6, 6.07) is 5.59. The quantitative estimate of drug-likeness (QED) is 0.849. The smallest absolute Gasteiger partial charge is 0.182 e. The summed E-state index contributed by atoms with van der Waals surface area (Å²) in [5.74, 6) is 1.20. The first-order valence-corrected chi connectivity index (χ1v) is 7.66. The average molecular weight is 279 g/mol. The minimum Gasteiger partial charge on any atom is -0.399 e. The summed E-state index contributed by atoms with van der Waals surface area (Å²) < 4.78 is 13.0. The first-order valence-electron chi connectivity index (χ1n) is 5.93. The lowest BCUT2D eigenvalue weighted by molar-refractivity contribution is 0.521. The van der Waals surface area contributed by atoms with Crippen LogP contribution in [0.1, 0.15) is 18.5 Å². The van der Waals surface area contributed by atoms with Gasteiger partial charge in [-0.3, -0.25) is 4.21 Å². The van der Waals surface area contributed by atoms with Crippen LogP contribution in [0.2, 0.25) is 0 Å². The second-order valence-corrected chi connectivity index (χ2v) is 6.09. The van der Waals surface area contributed by atoms with Gasteiger partial charge in [-0.05, 0) is 48.0 Å². The Balaban J connectivity index is 2.41. The Morgan fingerprint density at radius 3 is 2.84 bits per heavy atom. The van der Waals surface area contributed by atoms with Crippen molar-refractivity contribution in [1.82, 2.24) is 20.2 Å². The number of aryl methyl sites for hydroxylation is 1. The molecule has 0 saturated carbocycles. The second-order valence-electron chi connectivity index (χ2n) is 4.61. The molecule has 7 heteroatoms. The molecule has 0 fully saturated rings. The Hall–Kier alpha value is -1.76. The fourth-order valence-corrected chi connectivity index (χ4v) is 2.84. The zero-order valence-electron chi connectivity index (χ0n) is 11.2. The number of benzene rings is 1. The van der Waals surface area contributed by atoms with E-state index in [1.807, 2.05) is 32.0 Å². The Kier molecular flexibility index (Phi) is 3.94. The SMILES string of the molecule is Cc1cc(N)ccc1-c1nnnn1C(C)CS(C)=O. The molecule has 2 atom stereocenters. The van der Waals surface area contributed by atoms with Crippen LogP contribution in [-0.2, 0) is 10.8 Å². The van der Waals surface area contributed by atoms with Crippen molar-refractivity contribution in [3.63, 3.8) is 0 Å². The van der Waals surface area contributed by atoms with Gasteiger partial charge >= 0.3 is 0 Å². The van der Waals surface area contributed by atoms with Crippen LogP contribution in [0, 0.1) is 6.92 Å². The fraction of sp³-hybridized carbons (Fsp3) is 0.417. The molecule has 2 aromatic rings. The number of aromatic nitrogens is 4. The van der Waals surface area contributed by atoms with E-state index in [-0.39, 0.29) is 6.04 Å². The van der Waals surface area contributed by atoms with Crippen molar-refractivity contribution < 1.29 is 4.21 Å². The van der Waals surface area contributed by atoms with Crippen LogP contribution in [0.5, 0.6) is 0 Å². The van der Waals surface area contributed by atoms with Crippen molar-refractivity contribution in [2.24, 2.45) is 0 Å². The summed E-state index contributed by atoms with van der Waals surface area (Å²) in [6.45, 7) is 3.92. The van der Waals surface area contributed by atoms with Crippen LogP contribution in [0.25, 0.3) is 11.4 Å². The van der Waals surface area contributed by atoms with Crippen molar-refractivity contribution >= 4 is 16.5 Å². The van der Waals surface area contributed by atoms with Crippen molar-refractivity contribution in [3.8, 4) is 11.4 Å². The predicted octanol–water partition coefficient (Wildman–Crippen LogP) is 1.17. The molecule has 0 spiro atoms. The maximum absolute atomic E-state index is 11.3. The molecular weight excluding hydrogens is 262 g/mol. The van der Waals surface area contributed by atoms with Crippen molar-refractivity contribution in [3.05, 3.63) is 23.8 Å². The van der Waals surface area contributed by atoms with Gasteiger partial charge < -0.3 is 5.73 Å². The van der Waals surface area contributed by atoms with Gasteiger partial charge in [0, 0.05) is 34.1 Å². The van der Waals surface area contributed by atoms with Gasteiger partial charge in [0.05, 0.1) is 6.04 Å². The zero-order chi connectivity index (χ0) is 14.0. The van der Waals surface area contributed by atoms with Gasteiger partial charge in [-0.25, -0.2) is 4.68 Å². The first-order chi connectivity index (χ1) is 8.99. The third-order valence-electron chi connectivity index (χ3n) is 2.88. The Morgan fingerprint density at radius 2 is 2.21 bits per heavy atom. The lowest BCUT2D eigenvalue weighted by Gasteiger charge is -2.13.